The molecule has 0 bridgehead atoms. The van der Waals surface area contributed by atoms with Gasteiger partial charge >= 0.3 is 18.1 Å². The van der Waals surface area contributed by atoms with Gasteiger partial charge in [-0.05, 0) is 43.1 Å². The standard InChI is InChI=1S/C27H26ClF3N4O4S/c1-15(27(29,30)31)34-25-35-21(13-40-25)17-4-2-16(3-5-17)12-33-24-18-10-11-32-14-26(19(18)6-7-20(24)28)38-22(36)8-9-23(37)39-26/h2-7,13,15,32-33H,8-12,14H2,1H3,(H,34,35)/t15-/m0/s1. The van der Waals surface area contributed by atoms with Crippen LogP contribution in [0.1, 0.15) is 36.5 Å². The number of aromatic nitrogens is 1. The summed E-state index contributed by atoms with van der Waals surface area (Å²) >= 11 is 7.70. The first kappa shape index (κ1) is 28.2. The number of hydrogen-bond acceptors (Lipinski definition) is 9. The fourth-order valence-electron chi connectivity index (χ4n) is 4.59. The zero-order valence-electron chi connectivity index (χ0n) is 21.4. The summed E-state index contributed by atoms with van der Waals surface area (Å²) in [4.78, 5) is 28.9. The van der Waals surface area contributed by atoms with Gasteiger partial charge in [0.25, 0.3) is 5.79 Å². The summed E-state index contributed by atoms with van der Waals surface area (Å²) in [5.41, 5.74) is 4.26. The van der Waals surface area contributed by atoms with Crippen molar-refractivity contribution in [3.8, 4) is 11.3 Å². The molecule has 2 aliphatic heterocycles. The van der Waals surface area contributed by atoms with Crippen LogP contribution in [0.3, 0.4) is 0 Å². The third-order valence-electron chi connectivity index (χ3n) is 6.73. The second kappa shape index (κ2) is 11.3. The van der Waals surface area contributed by atoms with Crippen molar-refractivity contribution < 1.29 is 32.2 Å². The largest absolute Gasteiger partial charge is 0.416 e. The third kappa shape index (κ3) is 6.03. The Bertz CT molecular complexity index is 1400. The highest BCUT2D eigenvalue weighted by Crippen LogP contribution is 2.40. The molecular weight excluding hydrogens is 569 g/mol. The zero-order chi connectivity index (χ0) is 28.5. The van der Waals surface area contributed by atoms with Crippen molar-refractivity contribution in [1.29, 1.82) is 0 Å². The molecule has 0 radical (unpaired) electrons. The number of rotatable bonds is 6. The summed E-state index contributed by atoms with van der Waals surface area (Å²) in [6, 6.07) is 9.18. The van der Waals surface area contributed by atoms with Crippen molar-refractivity contribution in [2.24, 2.45) is 0 Å². The van der Waals surface area contributed by atoms with Crippen LogP contribution in [0, 0.1) is 0 Å². The Balaban J connectivity index is 1.33. The van der Waals surface area contributed by atoms with E-state index in [2.05, 4.69) is 20.9 Å². The van der Waals surface area contributed by atoms with Crippen molar-refractivity contribution in [3.63, 3.8) is 0 Å². The fraction of sp³-hybridized carbons (Fsp3) is 0.370. The summed E-state index contributed by atoms with van der Waals surface area (Å²) in [6.45, 7) is 2.14. The van der Waals surface area contributed by atoms with Crippen molar-refractivity contribution in [1.82, 2.24) is 10.3 Å². The van der Waals surface area contributed by atoms with Gasteiger partial charge in [0, 0.05) is 23.1 Å². The maximum atomic E-state index is 12.8. The minimum absolute atomic E-state index is 0.0456. The van der Waals surface area contributed by atoms with Gasteiger partial charge in [-0.3, -0.25) is 9.59 Å². The predicted octanol–water partition coefficient (Wildman–Crippen LogP) is 5.62. The normalized spacial score (nSPS) is 17.7. The number of thiazole rings is 1. The number of hydrogen-bond donors (Lipinski definition) is 3. The molecule has 1 fully saturated rings. The quantitative estimate of drug-likeness (QED) is 0.316. The first-order valence-electron chi connectivity index (χ1n) is 12.6. The molecule has 40 heavy (non-hydrogen) atoms. The second-order valence-electron chi connectivity index (χ2n) is 9.57. The van der Waals surface area contributed by atoms with Crippen LogP contribution in [0.25, 0.3) is 11.3 Å². The van der Waals surface area contributed by atoms with Crippen LogP contribution >= 0.6 is 22.9 Å². The van der Waals surface area contributed by atoms with E-state index in [4.69, 9.17) is 21.1 Å². The summed E-state index contributed by atoms with van der Waals surface area (Å²) in [5.74, 6) is -2.59. The van der Waals surface area contributed by atoms with Gasteiger partial charge in [0.2, 0.25) is 0 Å². The van der Waals surface area contributed by atoms with Crippen LogP contribution in [0.2, 0.25) is 5.02 Å². The SMILES string of the molecule is C[C@H](Nc1nc(-c2ccc(CNc3c(Cl)ccc4c3CCNCC43OC(=O)CCC(=O)O3)cc2)cs1)C(F)(F)F. The van der Waals surface area contributed by atoms with E-state index in [-0.39, 0.29) is 24.5 Å². The van der Waals surface area contributed by atoms with Crippen LogP contribution in [0.15, 0.2) is 41.8 Å². The number of fused-ring (bicyclic) bond motifs is 2. The molecule has 0 saturated carbocycles. The summed E-state index contributed by atoms with van der Waals surface area (Å²) in [5, 5.41) is 11.3. The minimum Gasteiger partial charge on any atom is -0.416 e. The maximum absolute atomic E-state index is 12.8. The summed E-state index contributed by atoms with van der Waals surface area (Å²) in [7, 11) is 0. The average molecular weight is 595 g/mol. The van der Waals surface area contributed by atoms with Gasteiger partial charge in [-0.15, -0.1) is 11.3 Å². The molecule has 3 heterocycles. The molecule has 3 aromatic rings. The van der Waals surface area contributed by atoms with Gasteiger partial charge in [-0.2, -0.15) is 13.2 Å². The Morgan fingerprint density at radius 3 is 2.48 bits per heavy atom. The van der Waals surface area contributed by atoms with E-state index in [1.807, 2.05) is 24.3 Å². The van der Waals surface area contributed by atoms with Gasteiger partial charge < -0.3 is 25.4 Å². The number of carbonyl (C=O) groups excluding carboxylic acids is 2. The van der Waals surface area contributed by atoms with Crippen molar-refractivity contribution in [3.05, 3.63) is 63.5 Å². The molecule has 0 unspecified atom stereocenters. The van der Waals surface area contributed by atoms with E-state index in [1.165, 1.54) is 0 Å². The Kier molecular flexibility index (Phi) is 7.94. The highest BCUT2D eigenvalue weighted by Gasteiger charge is 2.46. The molecular formula is C27H26ClF3N4O4S. The van der Waals surface area contributed by atoms with Gasteiger partial charge in [0.15, 0.2) is 5.13 Å². The lowest BCUT2D eigenvalue weighted by atomic mass is 9.96. The molecule has 1 spiro atoms. The monoisotopic (exact) mass is 594 g/mol. The Labute approximate surface area is 237 Å². The minimum atomic E-state index is -4.36. The predicted molar refractivity (Wildman–Crippen MR) is 145 cm³/mol. The van der Waals surface area contributed by atoms with Gasteiger partial charge in [-0.1, -0.05) is 35.9 Å². The highest BCUT2D eigenvalue weighted by molar-refractivity contribution is 7.14. The number of nitrogens with one attached hydrogen (secondary N) is 3. The van der Waals surface area contributed by atoms with Gasteiger partial charge in [0.05, 0.1) is 35.8 Å². The number of anilines is 2. The topological polar surface area (TPSA) is 102 Å². The van der Waals surface area contributed by atoms with Crippen molar-refractivity contribution in [2.75, 3.05) is 23.7 Å². The second-order valence-corrected chi connectivity index (χ2v) is 10.8. The van der Waals surface area contributed by atoms with Crippen LogP contribution < -0.4 is 16.0 Å². The smallest absolute Gasteiger partial charge is 0.408 e. The number of halogens is 4. The first-order chi connectivity index (χ1) is 19.0. The number of alkyl halides is 3. The van der Waals surface area contributed by atoms with E-state index >= 15 is 0 Å². The molecule has 1 saturated heterocycles. The van der Waals surface area contributed by atoms with Gasteiger partial charge in [-0.25, -0.2) is 4.98 Å². The molecule has 3 N–H and O–H groups in total. The zero-order valence-corrected chi connectivity index (χ0v) is 22.9. The van der Waals surface area contributed by atoms with Crippen LogP contribution in [-0.2, 0) is 37.8 Å². The molecule has 2 aliphatic rings. The van der Waals surface area contributed by atoms with Crippen LogP contribution in [0.5, 0.6) is 0 Å². The fourth-order valence-corrected chi connectivity index (χ4v) is 5.64. The lowest BCUT2D eigenvalue weighted by molar-refractivity contribution is -0.225. The molecule has 0 aliphatic carbocycles. The Morgan fingerprint density at radius 2 is 1.80 bits per heavy atom. The van der Waals surface area contributed by atoms with Crippen LogP contribution in [-0.4, -0.2) is 42.2 Å². The number of nitrogens with zero attached hydrogens (tertiary/aromatic N) is 1. The van der Waals surface area contributed by atoms with Gasteiger partial charge in [0.1, 0.15) is 6.04 Å². The molecule has 8 nitrogen and oxygen atoms in total. The van der Waals surface area contributed by atoms with E-state index in [0.717, 1.165) is 35.0 Å². The number of carbonyl (C=O) groups is 2. The molecule has 2 aromatic carbocycles. The molecule has 212 valence electrons. The molecule has 0 amide bonds. The van der Waals surface area contributed by atoms with Crippen LogP contribution in [0.4, 0.5) is 24.0 Å². The Morgan fingerprint density at radius 1 is 1.10 bits per heavy atom. The van der Waals surface area contributed by atoms with E-state index in [9.17, 15) is 22.8 Å². The Hall–Kier alpha value is -3.35. The average Bonchev–Trinajstić information content (AvgIpc) is 3.23. The van der Waals surface area contributed by atoms with Crippen molar-refractivity contribution in [2.45, 2.75) is 50.7 Å². The molecule has 13 heteroatoms. The third-order valence-corrected chi connectivity index (χ3v) is 7.82. The number of esters is 2. The molecule has 1 aromatic heterocycles. The van der Waals surface area contributed by atoms with E-state index < -0.39 is 29.9 Å². The highest BCUT2D eigenvalue weighted by atomic mass is 35.5. The number of benzene rings is 2. The first-order valence-corrected chi connectivity index (χ1v) is 13.9. The molecule has 1 atom stereocenters. The summed E-state index contributed by atoms with van der Waals surface area (Å²) in [6.07, 6.45) is -3.89. The van der Waals surface area contributed by atoms with Crippen molar-refractivity contribution >= 4 is 45.7 Å². The summed E-state index contributed by atoms with van der Waals surface area (Å²) < 4.78 is 49.9. The lowest BCUT2D eigenvalue weighted by Gasteiger charge is -2.32. The molecule has 5 rings (SSSR count). The maximum Gasteiger partial charge on any atom is 0.408 e. The van der Waals surface area contributed by atoms with E-state index in [0.29, 0.717) is 41.5 Å². The lowest BCUT2D eigenvalue weighted by Crippen LogP contribution is -2.43. The van der Waals surface area contributed by atoms with E-state index in [1.54, 1.807) is 17.5 Å². The number of ether oxygens (including phenoxy) is 2.